The number of nitrogens with zero attached hydrogens (tertiary/aromatic N) is 2. The molecule has 13 heteroatoms. The van der Waals surface area contributed by atoms with E-state index >= 15 is 0 Å². The van der Waals surface area contributed by atoms with Gasteiger partial charge in [-0.15, -0.1) is 0 Å². The van der Waals surface area contributed by atoms with Gasteiger partial charge < -0.3 is 15.3 Å². The molecule has 168 valence electrons. The number of rotatable bonds is 4. The molecule has 0 radical (unpaired) electrons. The minimum atomic E-state index is -5.08. The summed E-state index contributed by atoms with van der Waals surface area (Å²) in [5.41, 5.74) is 8.43. The van der Waals surface area contributed by atoms with E-state index in [1.807, 2.05) is 6.07 Å². The third kappa shape index (κ3) is 6.47. The number of aliphatic carboxylic acids is 1. The molecule has 0 unspecified atom stereocenters. The van der Waals surface area contributed by atoms with Crippen LogP contribution in [0.4, 0.5) is 24.7 Å². The zero-order chi connectivity index (χ0) is 24.1. The molecule has 2 aromatic heterocycles. The quantitative estimate of drug-likeness (QED) is 0.525. The second-order valence-corrected chi connectivity index (χ2v) is 7.91. The van der Waals surface area contributed by atoms with E-state index in [0.717, 1.165) is 11.8 Å². The predicted octanol–water partition coefficient (Wildman–Crippen LogP) is 3.47. The number of sulfonamides is 1. The molecule has 0 amide bonds. The fourth-order valence-corrected chi connectivity index (χ4v) is 2.94. The monoisotopic (exact) mass is 468 g/mol. The number of aromatic nitrogens is 1. The first kappa shape index (κ1) is 24.2. The van der Waals surface area contributed by atoms with Gasteiger partial charge in [-0.2, -0.15) is 18.4 Å². The first-order chi connectivity index (χ1) is 14.8. The van der Waals surface area contributed by atoms with Gasteiger partial charge in [-0.1, -0.05) is 12.1 Å². The molecule has 0 aliphatic carbocycles. The molecule has 0 fully saturated rings. The van der Waals surface area contributed by atoms with E-state index in [9.17, 15) is 26.9 Å². The lowest BCUT2D eigenvalue weighted by Crippen LogP contribution is -2.21. The summed E-state index contributed by atoms with van der Waals surface area (Å²) in [5, 5.41) is 16.5. The third-order valence-electron chi connectivity index (χ3n) is 3.67. The molecule has 0 saturated heterocycles. The number of halogens is 3. The Labute approximate surface area is 180 Å². The number of benzene rings is 1. The van der Waals surface area contributed by atoms with Crippen LogP contribution in [-0.2, 0) is 14.8 Å². The third-order valence-corrected chi connectivity index (χ3v) is 4.28. The highest BCUT2D eigenvalue weighted by Gasteiger charge is 2.38. The van der Waals surface area contributed by atoms with Gasteiger partial charge in [0, 0.05) is 16.8 Å². The molecule has 4 N–H and O–H groups in total. The number of pyridine rings is 1. The van der Waals surface area contributed by atoms with Crippen molar-refractivity contribution in [3.05, 3.63) is 54.3 Å². The van der Waals surface area contributed by atoms with E-state index in [0.29, 0.717) is 22.7 Å². The van der Waals surface area contributed by atoms with Crippen LogP contribution < -0.4 is 10.5 Å². The number of nitrogen functional groups attached to an aromatic ring is 1. The molecule has 3 aromatic rings. The number of hydrogen-bond donors (Lipinski definition) is 3. The standard InChI is InChI=1S/C17H14N4O3S.C2HF3O2/c1-25(22,23)21-12-6-4-11(5-7-12)15-9-13(16-3-2-8-24-16)14(10-18)17(19)20-15;3-2(4,5)1(6)7/h2-9,21H,1H3,(H2,19,20);(H,6,7). The Morgan fingerprint density at radius 1 is 1.25 bits per heavy atom. The predicted molar refractivity (Wildman–Crippen MR) is 109 cm³/mol. The highest BCUT2D eigenvalue weighted by molar-refractivity contribution is 7.92. The van der Waals surface area contributed by atoms with E-state index < -0.39 is 22.2 Å². The van der Waals surface area contributed by atoms with Crippen LogP contribution in [0.5, 0.6) is 0 Å². The molecule has 0 aliphatic heterocycles. The number of nitrogens with two attached hydrogens (primary N) is 1. The number of carboxylic acid groups (broad SMARTS) is 1. The first-order valence-corrected chi connectivity index (χ1v) is 10.3. The summed E-state index contributed by atoms with van der Waals surface area (Å²) < 4.78 is 62.0. The summed E-state index contributed by atoms with van der Waals surface area (Å²) in [7, 11) is -3.34. The highest BCUT2D eigenvalue weighted by Crippen LogP contribution is 2.31. The van der Waals surface area contributed by atoms with Crippen molar-refractivity contribution in [2.75, 3.05) is 16.7 Å². The van der Waals surface area contributed by atoms with Crippen LogP contribution in [0.25, 0.3) is 22.6 Å². The Balaban J connectivity index is 0.000000451. The van der Waals surface area contributed by atoms with Gasteiger partial charge in [0.05, 0.1) is 18.2 Å². The SMILES string of the molecule is CS(=O)(=O)Nc1ccc(-c2cc(-c3ccco3)c(C#N)c(N)n2)cc1.O=C(O)C(F)(F)F. The van der Waals surface area contributed by atoms with E-state index in [-0.39, 0.29) is 11.4 Å². The van der Waals surface area contributed by atoms with E-state index in [2.05, 4.69) is 9.71 Å². The van der Waals surface area contributed by atoms with Crippen molar-refractivity contribution < 1.29 is 35.9 Å². The number of anilines is 2. The number of carboxylic acids is 1. The van der Waals surface area contributed by atoms with Crippen molar-refractivity contribution in [3.8, 4) is 28.7 Å². The van der Waals surface area contributed by atoms with Crippen molar-refractivity contribution in [3.63, 3.8) is 0 Å². The number of nitrogens with one attached hydrogen (secondary N) is 1. The van der Waals surface area contributed by atoms with Gasteiger partial charge >= 0.3 is 12.1 Å². The summed E-state index contributed by atoms with van der Waals surface area (Å²) in [6.07, 6.45) is -2.49. The Morgan fingerprint density at radius 3 is 2.28 bits per heavy atom. The van der Waals surface area contributed by atoms with E-state index in [1.54, 1.807) is 42.5 Å². The number of furan rings is 1. The van der Waals surface area contributed by atoms with Crippen LogP contribution in [0.2, 0.25) is 0 Å². The van der Waals surface area contributed by atoms with Gasteiger partial charge in [-0.25, -0.2) is 18.2 Å². The van der Waals surface area contributed by atoms with Crippen molar-refractivity contribution in [1.82, 2.24) is 4.98 Å². The summed E-state index contributed by atoms with van der Waals surface area (Å²) in [4.78, 5) is 13.2. The topological polar surface area (TPSA) is 159 Å². The zero-order valence-electron chi connectivity index (χ0n) is 16.2. The Bertz CT molecular complexity index is 1250. The van der Waals surface area contributed by atoms with Crippen LogP contribution in [-0.4, -0.2) is 36.9 Å². The number of alkyl halides is 3. The molecule has 0 bridgehead atoms. The van der Waals surface area contributed by atoms with Crippen LogP contribution >= 0.6 is 0 Å². The summed E-state index contributed by atoms with van der Waals surface area (Å²) in [5.74, 6) is -2.14. The van der Waals surface area contributed by atoms with E-state index in [1.165, 1.54) is 6.26 Å². The summed E-state index contributed by atoms with van der Waals surface area (Å²) in [6.45, 7) is 0. The Hall–Kier alpha value is -4.05. The van der Waals surface area contributed by atoms with E-state index in [4.69, 9.17) is 20.1 Å². The maximum atomic E-state index is 11.3. The fourth-order valence-electron chi connectivity index (χ4n) is 2.38. The van der Waals surface area contributed by atoms with Gasteiger partial charge in [-0.05, 0) is 30.3 Å². The molecule has 0 saturated carbocycles. The van der Waals surface area contributed by atoms with Crippen molar-refractivity contribution in [1.29, 1.82) is 5.26 Å². The summed E-state index contributed by atoms with van der Waals surface area (Å²) >= 11 is 0. The van der Waals surface area contributed by atoms with Crippen molar-refractivity contribution >= 4 is 27.5 Å². The van der Waals surface area contributed by atoms with Gasteiger partial charge in [0.1, 0.15) is 23.2 Å². The average molecular weight is 468 g/mol. The molecular weight excluding hydrogens is 453 g/mol. The lowest BCUT2D eigenvalue weighted by Gasteiger charge is -2.09. The molecule has 3 rings (SSSR count). The number of hydrogen-bond acceptors (Lipinski definition) is 7. The first-order valence-electron chi connectivity index (χ1n) is 8.44. The highest BCUT2D eigenvalue weighted by atomic mass is 32.2. The molecule has 32 heavy (non-hydrogen) atoms. The van der Waals surface area contributed by atoms with Crippen molar-refractivity contribution in [2.24, 2.45) is 0 Å². The summed E-state index contributed by atoms with van der Waals surface area (Å²) in [6, 6.07) is 13.9. The molecular formula is C19H15F3N4O5S. The van der Waals surface area contributed by atoms with Crippen LogP contribution in [0.15, 0.2) is 53.1 Å². The Morgan fingerprint density at radius 2 is 1.84 bits per heavy atom. The maximum Gasteiger partial charge on any atom is 0.490 e. The zero-order valence-corrected chi connectivity index (χ0v) is 17.0. The lowest BCUT2D eigenvalue weighted by atomic mass is 10.0. The smallest absolute Gasteiger partial charge is 0.475 e. The van der Waals surface area contributed by atoms with Gasteiger partial charge in [0.2, 0.25) is 10.0 Å². The van der Waals surface area contributed by atoms with Crippen LogP contribution in [0.3, 0.4) is 0 Å². The molecule has 0 aliphatic rings. The van der Waals surface area contributed by atoms with Gasteiger partial charge in [0.15, 0.2) is 0 Å². The van der Waals surface area contributed by atoms with Crippen LogP contribution in [0.1, 0.15) is 5.56 Å². The molecule has 9 nitrogen and oxygen atoms in total. The van der Waals surface area contributed by atoms with Crippen LogP contribution in [0, 0.1) is 11.3 Å². The largest absolute Gasteiger partial charge is 0.490 e. The Kier molecular flexibility index (Phi) is 7.11. The minimum absolute atomic E-state index is 0.102. The molecule has 2 heterocycles. The van der Waals surface area contributed by atoms with Crippen molar-refractivity contribution in [2.45, 2.75) is 6.18 Å². The molecule has 1 aromatic carbocycles. The fraction of sp³-hybridized carbons (Fsp3) is 0.105. The average Bonchev–Trinajstić information content (AvgIpc) is 3.21. The maximum absolute atomic E-state index is 11.3. The number of nitriles is 1. The minimum Gasteiger partial charge on any atom is -0.475 e. The lowest BCUT2D eigenvalue weighted by molar-refractivity contribution is -0.192. The van der Waals surface area contributed by atoms with Gasteiger partial charge in [-0.3, -0.25) is 4.72 Å². The molecule has 0 atom stereocenters. The molecule has 0 spiro atoms. The second-order valence-electron chi connectivity index (χ2n) is 6.16. The second kappa shape index (κ2) is 9.40. The normalized spacial score (nSPS) is 11.1. The van der Waals surface area contributed by atoms with Gasteiger partial charge in [0.25, 0.3) is 0 Å². The number of carbonyl (C=O) groups is 1.